The van der Waals surface area contributed by atoms with Crippen LogP contribution in [0.2, 0.25) is 5.15 Å². The number of esters is 1. The summed E-state index contributed by atoms with van der Waals surface area (Å²) in [4.78, 5) is 22.7. The van der Waals surface area contributed by atoms with Gasteiger partial charge in [0.05, 0.1) is 17.9 Å². The highest BCUT2D eigenvalue weighted by Gasteiger charge is 2.32. The molecular weight excluding hydrogens is 296 g/mol. The Hall–Kier alpha value is -1.20. The van der Waals surface area contributed by atoms with Gasteiger partial charge in [0.1, 0.15) is 15.8 Å². The first-order valence-electron chi connectivity index (χ1n) is 6.73. The number of carbonyl (C=O) groups excluding carboxylic acids is 1. The van der Waals surface area contributed by atoms with Gasteiger partial charge < -0.3 is 4.74 Å². The van der Waals surface area contributed by atoms with Crippen molar-refractivity contribution in [1.29, 1.82) is 0 Å². The molecule has 0 saturated carbocycles. The lowest BCUT2D eigenvalue weighted by atomic mass is 9.88. The van der Waals surface area contributed by atoms with Crippen molar-refractivity contribution in [2.75, 3.05) is 6.61 Å². The number of thiophene rings is 1. The molecule has 1 unspecified atom stereocenters. The number of aromatic nitrogens is 2. The fraction of sp³-hybridized carbons (Fsp3) is 0.500. The zero-order chi connectivity index (χ0) is 14.3. The fourth-order valence-corrected chi connectivity index (χ4v) is 4.52. The summed E-state index contributed by atoms with van der Waals surface area (Å²) in [7, 11) is 0. The summed E-state index contributed by atoms with van der Waals surface area (Å²) in [6.45, 7) is 4.07. The molecule has 0 spiro atoms. The van der Waals surface area contributed by atoms with E-state index in [-0.39, 0.29) is 11.9 Å². The third-order valence-electron chi connectivity index (χ3n) is 3.56. The molecule has 3 rings (SSSR count). The van der Waals surface area contributed by atoms with Crippen LogP contribution in [0.25, 0.3) is 10.2 Å². The van der Waals surface area contributed by atoms with Gasteiger partial charge in [0, 0.05) is 4.88 Å². The molecule has 0 N–H and O–H groups in total. The number of halogens is 1. The highest BCUT2D eigenvalue weighted by molar-refractivity contribution is 7.19. The number of hydrogen-bond donors (Lipinski definition) is 0. The van der Waals surface area contributed by atoms with Gasteiger partial charge in [0.25, 0.3) is 0 Å². The van der Waals surface area contributed by atoms with Gasteiger partial charge in [-0.05, 0) is 38.7 Å². The molecule has 0 bridgehead atoms. The van der Waals surface area contributed by atoms with E-state index in [1.165, 1.54) is 0 Å². The lowest BCUT2D eigenvalue weighted by molar-refractivity contribution is -0.145. The number of carbonyl (C=O) groups is 1. The lowest BCUT2D eigenvalue weighted by Crippen LogP contribution is -2.19. The number of rotatable bonds is 2. The van der Waals surface area contributed by atoms with Crippen molar-refractivity contribution in [1.82, 2.24) is 9.97 Å². The Morgan fingerprint density at radius 2 is 2.30 bits per heavy atom. The summed E-state index contributed by atoms with van der Waals surface area (Å²) in [6.07, 6.45) is 2.73. The van der Waals surface area contributed by atoms with Crippen LogP contribution >= 0.6 is 22.9 Å². The summed E-state index contributed by atoms with van der Waals surface area (Å²) in [5.74, 6) is 0.351. The summed E-state index contributed by atoms with van der Waals surface area (Å²) < 4.78 is 5.19. The second kappa shape index (κ2) is 5.30. The molecule has 1 aliphatic rings. The number of nitrogens with zero attached hydrogens (tertiary/aromatic N) is 2. The minimum absolute atomic E-state index is 0.138. The Morgan fingerprint density at radius 3 is 3.05 bits per heavy atom. The van der Waals surface area contributed by atoms with Crippen molar-refractivity contribution >= 4 is 39.1 Å². The molecular formula is C14H15ClN2O2S. The third kappa shape index (κ3) is 2.19. The zero-order valence-corrected chi connectivity index (χ0v) is 13.0. The molecule has 1 aliphatic carbocycles. The Labute approximate surface area is 126 Å². The first-order chi connectivity index (χ1) is 9.61. The van der Waals surface area contributed by atoms with Gasteiger partial charge >= 0.3 is 5.97 Å². The Bertz CT molecular complexity index is 683. The number of hydrogen-bond acceptors (Lipinski definition) is 5. The van der Waals surface area contributed by atoms with Crippen molar-refractivity contribution in [2.45, 2.75) is 39.0 Å². The number of ether oxygens (including phenoxy) is 1. The van der Waals surface area contributed by atoms with Crippen LogP contribution in [0.15, 0.2) is 0 Å². The highest BCUT2D eigenvalue weighted by Crippen LogP contribution is 2.43. The number of aryl methyl sites for hydroxylation is 2. The molecule has 0 fully saturated rings. The van der Waals surface area contributed by atoms with Gasteiger partial charge in [-0.1, -0.05) is 11.6 Å². The van der Waals surface area contributed by atoms with Crippen molar-refractivity contribution in [2.24, 2.45) is 0 Å². The molecule has 4 nitrogen and oxygen atoms in total. The molecule has 20 heavy (non-hydrogen) atoms. The van der Waals surface area contributed by atoms with Crippen molar-refractivity contribution in [3.8, 4) is 0 Å². The maximum absolute atomic E-state index is 12.1. The zero-order valence-electron chi connectivity index (χ0n) is 11.4. The van der Waals surface area contributed by atoms with Gasteiger partial charge in [-0.2, -0.15) is 0 Å². The van der Waals surface area contributed by atoms with E-state index in [2.05, 4.69) is 9.97 Å². The summed E-state index contributed by atoms with van der Waals surface area (Å²) in [6, 6.07) is 0. The molecule has 1 atom stereocenters. The monoisotopic (exact) mass is 310 g/mol. The second-order valence-electron chi connectivity index (χ2n) is 4.88. The molecule has 0 aromatic carbocycles. The minimum atomic E-state index is -0.172. The molecule has 0 saturated heterocycles. The van der Waals surface area contributed by atoms with Crippen molar-refractivity contribution < 1.29 is 9.53 Å². The van der Waals surface area contributed by atoms with E-state index in [1.807, 2.05) is 13.8 Å². The van der Waals surface area contributed by atoms with E-state index in [9.17, 15) is 4.79 Å². The lowest BCUT2D eigenvalue weighted by Gasteiger charge is -2.20. The first-order valence-corrected chi connectivity index (χ1v) is 7.93. The summed E-state index contributed by atoms with van der Waals surface area (Å²) in [5.41, 5.74) is 1.14. The van der Waals surface area contributed by atoms with Gasteiger partial charge in [0.2, 0.25) is 0 Å². The molecule has 0 aliphatic heterocycles. The predicted octanol–water partition coefficient (Wildman–Crippen LogP) is 3.64. The average Bonchev–Trinajstić information content (AvgIpc) is 2.76. The van der Waals surface area contributed by atoms with Crippen LogP contribution in [0, 0.1) is 6.92 Å². The smallest absolute Gasteiger partial charge is 0.314 e. The molecule has 2 heterocycles. The Morgan fingerprint density at radius 1 is 1.50 bits per heavy atom. The van der Waals surface area contributed by atoms with Crippen molar-refractivity contribution in [3.05, 3.63) is 21.4 Å². The van der Waals surface area contributed by atoms with Crippen LogP contribution < -0.4 is 0 Å². The van der Waals surface area contributed by atoms with Crippen LogP contribution in [-0.4, -0.2) is 22.5 Å². The molecule has 106 valence electrons. The van der Waals surface area contributed by atoms with Crippen molar-refractivity contribution in [3.63, 3.8) is 0 Å². The van der Waals surface area contributed by atoms with E-state index < -0.39 is 0 Å². The predicted molar refractivity (Wildman–Crippen MR) is 79.5 cm³/mol. The van der Waals surface area contributed by atoms with Gasteiger partial charge in [-0.3, -0.25) is 4.79 Å². The number of fused-ring (bicyclic) bond motifs is 3. The van der Waals surface area contributed by atoms with E-state index in [4.69, 9.17) is 16.3 Å². The molecule has 0 amide bonds. The van der Waals surface area contributed by atoms with Gasteiger partial charge in [0.15, 0.2) is 0 Å². The molecule has 2 aromatic rings. The third-order valence-corrected chi connectivity index (χ3v) is 5.07. The minimum Gasteiger partial charge on any atom is -0.465 e. The normalized spacial score (nSPS) is 18.1. The molecule has 0 radical (unpaired) electrons. The van der Waals surface area contributed by atoms with Gasteiger partial charge in [-0.25, -0.2) is 9.97 Å². The summed E-state index contributed by atoms with van der Waals surface area (Å²) in [5, 5.41) is 1.42. The van der Waals surface area contributed by atoms with Crippen LogP contribution in [0.4, 0.5) is 0 Å². The largest absolute Gasteiger partial charge is 0.465 e. The Balaban J connectivity index is 2.15. The fourth-order valence-electron chi connectivity index (χ4n) is 2.74. The maximum atomic E-state index is 12.1. The average molecular weight is 311 g/mol. The quantitative estimate of drug-likeness (QED) is 0.628. The standard InChI is InChI=1S/C14H15ClN2O2S/c1-3-19-14(18)9-6-4-5-8-10-12(15)16-7(2)17-13(10)20-11(8)9/h9H,3-6H2,1-2H3. The Kier molecular flexibility index (Phi) is 3.65. The SMILES string of the molecule is CCOC(=O)C1CCCc2c1sc1nc(C)nc(Cl)c21. The topological polar surface area (TPSA) is 52.1 Å². The first kappa shape index (κ1) is 13.8. The van der Waals surface area contributed by atoms with Crippen LogP contribution in [0.3, 0.4) is 0 Å². The van der Waals surface area contributed by atoms with E-state index in [0.29, 0.717) is 17.6 Å². The van der Waals surface area contributed by atoms with Crippen LogP contribution in [0.1, 0.15) is 41.9 Å². The van der Waals surface area contributed by atoms with Crippen LogP contribution in [0.5, 0.6) is 0 Å². The maximum Gasteiger partial charge on any atom is 0.314 e. The van der Waals surface area contributed by atoms with E-state index in [0.717, 1.165) is 39.9 Å². The molecule has 6 heteroatoms. The highest BCUT2D eigenvalue weighted by atomic mass is 35.5. The van der Waals surface area contributed by atoms with Gasteiger partial charge in [-0.15, -0.1) is 11.3 Å². The second-order valence-corrected chi connectivity index (χ2v) is 6.27. The molecule has 2 aromatic heterocycles. The van der Waals surface area contributed by atoms with Crippen LogP contribution in [-0.2, 0) is 16.0 Å². The van der Waals surface area contributed by atoms with E-state index >= 15 is 0 Å². The summed E-state index contributed by atoms with van der Waals surface area (Å²) >= 11 is 7.82. The van der Waals surface area contributed by atoms with E-state index in [1.54, 1.807) is 11.3 Å².